The molecule has 6 aromatic heterocycles. The van der Waals surface area contributed by atoms with E-state index in [1.807, 2.05) is 38.1 Å². The van der Waals surface area contributed by atoms with Gasteiger partial charge in [0.05, 0.1) is 39.3 Å². The summed E-state index contributed by atoms with van der Waals surface area (Å²) in [4.78, 5) is 75.0. The number of carboxylic acid groups (broad SMARTS) is 1. The molecule has 1 aliphatic rings. The Morgan fingerprint density at radius 3 is 1.51 bits per heavy atom. The van der Waals surface area contributed by atoms with E-state index in [2.05, 4.69) is 40.5 Å². The lowest BCUT2D eigenvalue weighted by atomic mass is 10.0. The number of nitrogens with zero attached hydrogens (tertiary/aromatic N) is 6. The number of nitrogens with one attached hydrogen (secondary N) is 2. The van der Waals surface area contributed by atoms with Crippen LogP contribution in [0.25, 0.3) is 21.8 Å². The number of carbonyl (C=O) groups excluding carboxylic acids is 3. The predicted octanol–water partition coefficient (Wildman–Crippen LogP) is 9.10. The van der Waals surface area contributed by atoms with Gasteiger partial charge in [0.2, 0.25) is 0 Å². The number of carboxylic acids is 1. The van der Waals surface area contributed by atoms with Crippen molar-refractivity contribution in [2.45, 2.75) is 60.0 Å². The maximum atomic E-state index is 12.7. The van der Waals surface area contributed by atoms with Crippen LogP contribution in [0.5, 0.6) is 0 Å². The van der Waals surface area contributed by atoms with Gasteiger partial charge >= 0.3 is 11.9 Å². The number of nitrogen functional groups attached to an aromatic ring is 2. The first-order valence-electron chi connectivity index (χ1n) is 22.6. The number of carbonyl (C=O) groups is 4. The Labute approximate surface area is 431 Å². The van der Waals surface area contributed by atoms with Gasteiger partial charge in [-0.25, -0.2) is 19.6 Å². The van der Waals surface area contributed by atoms with Crippen molar-refractivity contribution >= 4 is 80.4 Å². The molecule has 17 nitrogen and oxygen atoms in total. The van der Waals surface area contributed by atoms with Crippen LogP contribution >= 0.6 is 23.2 Å². The summed E-state index contributed by atoms with van der Waals surface area (Å²) in [5, 5.41) is 17.6. The van der Waals surface area contributed by atoms with E-state index in [1.165, 1.54) is 32.3 Å². The molecule has 9 rings (SSSR count). The number of aryl methyl sites for hydroxylation is 2. The van der Waals surface area contributed by atoms with E-state index in [-0.39, 0.29) is 24.8 Å². The molecule has 7 N–H and O–H groups in total. The van der Waals surface area contributed by atoms with Gasteiger partial charge in [-0.2, -0.15) is 0 Å². The third kappa shape index (κ3) is 14.7. The van der Waals surface area contributed by atoms with Crippen molar-refractivity contribution < 1.29 is 33.8 Å². The van der Waals surface area contributed by atoms with E-state index in [9.17, 15) is 24.3 Å². The summed E-state index contributed by atoms with van der Waals surface area (Å²) >= 11 is 12.1. The number of nitrogens with two attached hydrogens (primary N) is 2. The largest absolute Gasteiger partial charge is 0.478 e. The van der Waals surface area contributed by atoms with Gasteiger partial charge in [0, 0.05) is 109 Å². The molecular weight excluding hydrogens is 972 g/mol. The first-order chi connectivity index (χ1) is 34.6. The Kier molecular flexibility index (Phi) is 18.8. The minimum atomic E-state index is -1.08. The van der Waals surface area contributed by atoms with Crippen LogP contribution in [0.3, 0.4) is 0 Å². The lowest BCUT2D eigenvalue weighted by Crippen LogP contribution is -2.23. The van der Waals surface area contributed by atoms with Crippen LogP contribution in [0.2, 0.25) is 10.0 Å². The summed E-state index contributed by atoms with van der Waals surface area (Å²) < 4.78 is 9.86. The van der Waals surface area contributed by atoms with Gasteiger partial charge in [-0.05, 0) is 122 Å². The molecule has 1 fully saturated rings. The quantitative estimate of drug-likeness (QED) is 0.0715. The van der Waals surface area contributed by atoms with Crippen molar-refractivity contribution in [3.63, 3.8) is 0 Å². The summed E-state index contributed by atoms with van der Waals surface area (Å²) in [6, 6.07) is 24.2. The molecule has 0 aliphatic carbocycles. The maximum absolute atomic E-state index is 12.7. The third-order valence-corrected chi connectivity index (χ3v) is 11.7. The molecule has 1 saturated heterocycles. The Balaban J connectivity index is 0.000000214. The average molecular weight is 1030 g/mol. The van der Waals surface area contributed by atoms with Crippen LogP contribution in [-0.4, -0.2) is 79.1 Å². The minimum Gasteiger partial charge on any atom is -0.478 e. The number of amides is 2. The monoisotopic (exact) mass is 1020 g/mol. The van der Waals surface area contributed by atoms with Gasteiger partial charge in [-0.3, -0.25) is 29.5 Å². The number of esters is 1. The zero-order chi connectivity index (χ0) is 51.3. The van der Waals surface area contributed by atoms with Gasteiger partial charge in [-0.1, -0.05) is 42.8 Å². The molecule has 0 unspecified atom stereocenters. The van der Waals surface area contributed by atoms with Crippen molar-refractivity contribution in [2.75, 3.05) is 31.8 Å². The highest BCUT2D eigenvalue weighted by molar-refractivity contribution is 6.31. The summed E-state index contributed by atoms with van der Waals surface area (Å²) in [7, 11) is 1.32. The second kappa shape index (κ2) is 25.3. The topological polar surface area (TPSA) is 260 Å². The average Bonchev–Trinajstić information content (AvgIpc) is 3.96. The zero-order valence-electron chi connectivity index (χ0n) is 39.5. The molecule has 73 heavy (non-hydrogen) atoms. The number of rotatable bonds is 12. The number of anilines is 2. The van der Waals surface area contributed by atoms with Crippen molar-refractivity contribution in [1.82, 2.24) is 40.5 Å². The number of halogens is 2. The Morgan fingerprint density at radius 2 is 1.10 bits per heavy atom. The smallest absolute Gasteiger partial charge is 0.340 e. The molecule has 376 valence electrons. The van der Waals surface area contributed by atoms with E-state index in [4.69, 9.17) is 44.1 Å². The Bertz CT molecular complexity index is 3310. The molecule has 7 heterocycles. The van der Waals surface area contributed by atoms with Crippen molar-refractivity contribution in [3.8, 4) is 0 Å². The van der Waals surface area contributed by atoms with Gasteiger partial charge in [0.25, 0.3) is 11.8 Å². The summed E-state index contributed by atoms with van der Waals surface area (Å²) in [6.07, 6.45) is 9.33. The fourth-order valence-electron chi connectivity index (χ4n) is 7.71. The molecule has 19 heteroatoms. The number of methoxy groups -OCH3 is 1. The van der Waals surface area contributed by atoms with E-state index in [0.29, 0.717) is 97.5 Å². The van der Waals surface area contributed by atoms with Crippen LogP contribution in [0, 0.1) is 13.8 Å². The van der Waals surface area contributed by atoms with Gasteiger partial charge in [0.1, 0.15) is 11.6 Å². The number of hydrogen-bond donors (Lipinski definition) is 5. The van der Waals surface area contributed by atoms with E-state index < -0.39 is 11.9 Å². The summed E-state index contributed by atoms with van der Waals surface area (Å²) in [5.74, 6) is -1.19. The molecule has 2 aromatic carbocycles. The normalized spacial score (nSPS) is 11.6. The number of pyridine rings is 6. The number of aromatic nitrogens is 6. The van der Waals surface area contributed by atoms with Gasteiger partial charge < -0.3 is 36.7 Å². The van der Waals surface area contributed by atoms with Crippen LogP contribution in [0.15, 0.2) is 110 Å². The van der Waals surface area contributed by atoms with E-state index >= 15 is 0 Å². The van der Waals surface area contributed by atoms with E-state index in [1.54, 1.807) is 73.1 Å². The highest BCUT2D eigenvalue weighted by atomic mass is 35.5. The molecule has 2 amide bonds. The number of aromatic carboxylic acids is 1. The first-order valence-corrected chi connectivity index (χ1v) is 23.4. The number of hydrogen-bond acceptors (Lipinski definition) is 14. The maximum Gasteiger partial charge on any atom is 0.340 e. The summed E-state index contributed by atoms with van der Waals surface area (Å²) in [5.41, 5.74) is 19.7. The molecule has 0 saturated carbocycles. The molecule has 0 atom stereocenters. The molecule has 8 aromatic rings. The van der Waals surface area contributed by atoms with Crippen molar-refractivity contribution in [3.05, 3.63) is 187 Å². The number of benzene rings is 2. The lowest BCUT2D eigenvalue weighted by molar-refractivity contribution is 0.0601. The summed E-state index contributed by atoms with van der Waals surface area (Å²) in [6.45, 7) is 6.32. The lowest BCUT2D eigenvalue weighted by Gasteiger charge is -2.10. The Hall–Kier alpha value is -8.12. The highest BCUT2D eigenvalue weighted by Crippen LogP contribution is 2.26. The number of ether oxygens (including phenoxy) is 2. The fraction of sp³-hybridized carbons (Fsp3) is 0.222. The molecular formula is C54H54Cl2N10O7. The zero-order valence-corrected chi connectivity index (χ0v) is 41.1. The van der Waals surface area contributed by atoms with Crippen LogP contribution < -0.4 is 22.1 Å². The third-order valence-electron chi connectivity index (χ3n) is 11.3. The van der Waals surface area contributed by atoms with Gasteiger partial charge in [0.15, 0.2) is 0 Å². The first kappa shape index (κ1) is 54.2. The number of fused-ring (bicyclic) bond motifs is 2. The molecule has 1 aliphatic heterocycles. The minimum absolute atomic E-state index is 0. The molecule has 0 radical (unpaired) electrons. The van der Waals surface area contributed by atoms with Crippen LogP contribution in [0.4, 0.5) is 11.6 Å². The van der Waals surface area contributed by atoms with E-state index in [0.717, 1.165) is 46.9 Å². The fourth-order valence-corrected chi connectivity index (χ4v) is 8.04. The molecule has 0 spiro atoms. The highest BCUT2D eigenvalue weighted by Gasteiger charge is 2.17. The van der Waals surface area contributed by atoms with Gasteiger partial charge in [-0.15, -0.1) is 0 Å². The second-order valence-corrected chi connectivity index (χ2v) is 17.5. The predicted molar refractivity (Wildman–Crippen MR) is 282 cm³/mol. The van der Waals surface area contributed by atoms with Crippen LogP contribution in [-0.2, 0) is 35.4 Å². The molecule has 0 bridgehead atoms. The Morgan fingerprint density at radius 1 is 0.644 bits per heavy atom. The van der Waals surface area contributed by atoms with Crippen LogP contribution in [0.1, 0.15) is 107 Å². The SMILES string of the molecule is C.C1CCOC1.COC(=O)c1cc(Cc2cc(C(=O)NCc3ccc(N)nc3C)ccn2)cc2cc(Cl)cnc12.Cc1nc(N)ccc1CNC(=O)c1ccnc(Cc2cc(C(=O)O)c3ncc(Cl)cc3c2)c1. The van der Waals surface area contributed by atoms with Crippen molar-refractivity contribution in [2.24, 2.45) is 0 Å². The standard InChI is InChI=1S/C25H22ClN5O3.C24H20ClN5O3.C4H8O.CH4/c1-14-17(3-4-22(27)31-14)12-30-24(32)16-5-6-28-20(11-16)8-15-7-18-10-19(26)13-29-23(18)21(9-15)25(33)34-2;1-13-16(2-3-21(26)30-13)11-29-23(31)15-4-5-27-19(10-15)7-14-6-17-9-18(25)12-28-22(17)20(8-14)24(32)33;1-2-4-5-3-1;/h3-7,9-11,13H,8,12H2,1-2H3,(H2,27,31)(H,30,32);2-6,8-10,12H,7,11H2,1H3,(H2,26,30)(H,29,31)(H,32,33);1-4H2;1H4. The second-order valence-electron chi connectivity index (χ2n) is 16.6. The van der Waals surface area contributed by atoms with Crippen molar-refractivity contribution in [1.29, 1.82) is 0 Å².